The molecule has 0 bridgehead atoms. The van der Waals surface area contributed by atoms with Crippen molar-refractivity contribution >= 4 is 11.3 Å². The van der Waals surface area contributed by atoms with Gasteiger partial charge in [0.2, 0.25) is 0 Å². The van der Waals surface area contributed by atoms with E-state index in [9.17, 15) is 0 Å². The molecule has 0 radical (unpaired) electrons. The highest BCUT2D eigenvalue weighted by Crippen LogP contribution is 2.26. The van der Waals surface area contributed by atoms with Crippen molar-refractivity contribution in [3.05, 3.63) is 96.6 Å². The molecule has 1 heteroatoms. The summed E-state index contributed by atoms with van der Waals surface area (Å²) in [7, 11) is 0. The maximum Gasteiger partial charge on any atom is 0.0393 e. The summed E-state index contributed by atoms with van der Waals surface area (Å²) < 4.78 is 0. The molecule has 0 amide bonds. The molecule has 2 rings (SSSR count). The van der Waals surface area contributed by atoms with Crippen molar-refractivity contribution in [1.29, 1.82) is 0 Å². The molecule has 22 heavy (non-hydrogen) atoms. The Bertz CT molecular complexity index is 663. The number of hydrogen-bond acceptors (Lipinski definition) is 1. The van der Waals surface area contributed by atoms with E-state index < -0.39 is 0 Å². The number of benzene rings is 2. The van der Waals surface area contributed by atoms with Crippen LogP contribution in [-0.2, 0) is 6.42 Å². The van der Waals surface area contributed by atoms with Crippen LogP contribution in [0.25, 0.3) is 5.57 Å². The molecule has 1 nitrogen and oxygen atoms in total. The predicted octanol–water partition coefficient (Wildman–Crippen LogP) is 5.40. The monoisotopic (exact) mass is 289 g/mol. The van der Waals surface area contributed by atoms with Crippen molar-refractivity contribution in [2.75, 3.05) is 5.73 Å². The lowest BCUT2D eigenvalue weighted by molar-refractivity contribution is 1.04. The number of anilines is 1. The van der Waals surface area contributed by atoms with Gasteiger partial charge in [-0.25, -0.2) is 0 Å². The summed E-state index contributed by atoms with van der Waals surface area (Å²) in [5, 5.41) is 0. The number of unbranched alkanes of at least 4 members (excludes halogenated alkanes) is 1. The van der Waals surface area contributed by atoms with E-state index in [0.29, 0.717) is 0 Å². The molecule has 0 unspecified atom stereocenters. The normalized spacial score (nSPS) is 10.7. The van der Waals surface area contributed by atoms with Gasteiger partial charge in [0.15, 0.2) is 0 Å². The van der Waals surface area contributed by atoms with E-state index in [2.05, 4.69) is 49.6 Å². The average molecular weight is 289 g/mol. The van der Waals surface area contributed by atoms with Crippen LogP contribution in [0.4, 0.5) is 5.69 Å². The van der Waals surface area contributed by atoms with Gasteiger partial charge < -0.3 is 5.73 Å². The molecule has 112 valence electrons. The zero-order valence-electron chi connectivity index (χ0n) is 13.0. The SMILES string of the molecule is C=CCC/C=C\Cc1ccc(C(=C)c2ccccc2N)cc1. The Morgan fingerprint density at radius 2 is 1.68 bits per heavy atom. The summed E-state index contributed by atoms with van der Waals surface area (Å²) in [6.07, 6.45) is 9.42. The number of nitrogens with two attached hydrogens (primary N) is 1. The first-order valence-corrected chi connectivity index (χ1v) is 7.61. The fourth-order valence-corrected chi connectivity index (χ4v) is 2.32. The van der Waals surface area contributed by atoms with Crippen molar-refractivity contribution in [3.8, 4) is 0 Å². The Labute approximate surface area is 133 Å². The predicted molar refractivity (Wildman–Crippen MR) is 97.7 cm³/mol. The Hall–Kier alpha value is -2.54. The van der Waals surface area contributed by atoms with Crippen molar-refractivity contribution in [2.24, 2.45) is 0 Å². The molecule has 0 spiro atoms. The van der Waals surface area contributed by atoms with Crippen LogP contribution in [0.1, 0.15) is 29.5 Å². The van der Waals surface area contributed by atoms with Crippen LogP contribution in [0.2, 0.25) is 0 Å². The van der Waals surface area contributed by atoms with E-state index in [0.717, 1.165) is 41.6 Å². The Morgan fingerprint density at radius 1 is 0.955 bits per heavy atom. The minimum absolute atomic E-state index is 0.765. The van der Waals surface area contributed by atoms with Gasteiger partial charge in [-0.2, -0.15) is 0 Å². The van der Waals surface area contributed by atoms with Crippen LogP contribution in [0.15, 0.2) is 79.9 Å². The highest BCUT2D eigenvalue weighted by Gasteiger charge is 2.05. The second-order valence-corrected chi connectivity index (χ2v) is 5.30. The van der Waals surface area contributed by atoms with Crippen LogP contribution >= 0.6 is 0 Å². The second-order valence-electron chi connectivity index (χ2n) is 5.30. The maximum atomic E-state index is 6.02. The molecule has 0 aromatic heterocycles. The van der Waals surface area contributed by atoms with Crippen molar-refractivity contribution in [2.45, 2.75) is 19.3 Å². The smallest absolute Gasteiger partial charge is 0.0393 e. The largest absolute Gasteiger partial charge is 0.398 e. The van der Waals surface area contributed by atoms with E-state index in [4.69, 9.17) is 5.73 Å². The molecule has 0 saturated heterocycles. The topological polar surface area (TPSA) is 26.0 Å². The fourth-order valence-electron chi connectivity index (χ4n) is 2.32. The molecule has 0 aliphatic heterocycles. The van der Waals surface area contributed by atoms with Gasteiger partial charge in [0.05, 0.1) is 0 Å². The molecule has 0 aliphatic rings. The molecule has 2 aromatic carbocycles. The number of allylic oxidation sites excluding steroid dienone is 3. The van der Waals surface area contributed by atoms with Gasteiger partial charge in [-0.1, -0.05) is 67.3 Å². The summed E-state index contributed by atoms with van der Waals surface area (Å²) in [5.41, 5.74) is 11.2. The lowest BCUT2D eigenvalue weighted by Crippen LogP contribution is -1.94. The number of hydrogen-bond donors (Lipinski definition) is 1. The first-order chi connectivity index (χ1) is 10.7. The molecule has 0 heterocycles. The lowest BCUT2D eigenvalue weighted by atomic mass is 9.97. The van der Waals surface area contributed by atoms with Crippen molar-refractivity contribution in [3.63, 3.8) is 0 Å². The molecular weight excluding hydrogens is 266 g/mol. The first kappa shape index (κ1) is 15.8. The third-order valence-electron chi connectivity index (χ3n) is 3.65. The van der Waals surface area contributed by atoms with E-state index in [1.165, 1.54) is 5.56 Å². The number of nitrogen functional groups attached to an aromatic ring is 1. The van der Waals surface area contributed by atoms with Gasteiger partial charge in [0.1, 0.15) is 0 Å². The van der Waals surface area contributed by atoms with Gasteiger partial charge in [0.25, 0.3) is 0 Å². The van der Waals surface area contributed by atoms with E-state index in [-0.39, 0.29) is 0 Å². The minimum Gasteiger partial charge on any atom is -0.398 e. The standard InChI is InChI=1S/C21H23N/c1-3-4-5-6-7-10-18-13-15-19(16-14-18)17(2)20-11-8-9-12-21(20)22/h3,6-9,11-16H,1-2,4-5,10,22H2/b7-6-. The van der Waals surface area contributed by atoms with Crippen LogP contribution in [0, 0.1) is 0 Å². The Kier molecular flexibility index (Phi) is 5.79. The molecule has 0 aliphatic carbocycles. The first-order valence-electron chi connectivity index (χ1n) is 7.61. The molecule has 0 atom stereocenters. The van der Waals surface area contributed by atoms with Gasteiger partial charge in [-0.05, 0) is 42.0 Å². The molecule has 0 fully saturated rings. The summed E-state index contributed by atoms with van der Waals surface area (Å²) in [6.45, 7) is 7.90. The number of rotatable bonds is 7. The zero-order valence-corrected chi connectivity index (χ0v) is 13.0. The van der Waals surface area contributed by atoms with Crippen LogP contribution in [0.3, 0.4) is 0 Å². The molecule has 0 saturated carbocycles. The third-order valence-corrected chi connectivity index (χ3v) is 3.65. The van der Waals surface area contributed by atoms with Crippen molar-refractivity contribution in [1.82, 2.24) is 0 Å². The lowest BCUT2D eigenvalue weighted by Gasteiger charge is -2.09. The molecule has 2 aromatic rings. The Balaban J connectivity index is 2.03. The van der Waals surface area contributed by atoms with Crippen LogP contribution in [-0.4, -0.2) is 0 Å². The maximum absolute atomic E-state index is 6.02. The van der Waals surface area contributed by atoms with Gasteiger partial charge in [-0.15, -0.1) is 6.58 Å². The van der Waals surface area contributed by atoms with Gasteiger partial charge in [0, 0.05) is 11.3 Å². The summed E-state index contributed by atoms with van der Waals surface area (Å²) in [6, 6.07) is 16.4. The zero-order chi connectivity index (χ0) is 15.8. The van der Waals surface area contributed by atoms with Crippen LogP contribution < -0.4 is 5.73 Å². The van der Waals surface area contributed by atoms with E-state index >= 15 is 0 Å². The molecular formula is C21H23N. The average Bonchev–Trinajstić information content (AvgIpc) is 2.55. The van der Waals surface area contributed by atoms with Gasteiger partial charge in [-0.3, -0.25) is 0 Å². The molecule has 2 N–H and O–H groups in total. The third kappa shape index (κ3) is 4.23. The fraction of sp³-hybridized carbons (Fsp3) is 0.143. The number of para-hydroxylation sites is 1. The summed E-state index contributed by atoms with van der Waals surface area (Å²) >= 11 is 0. The van der Waals surface area contributed by atoms with E-state index in [1.807, 2.05) is 30.3 Å². The minimum atomic E-state index is 0.765. The van der Waals surface area contributed by atoms with Gasteiger partial charge >= 0.3 is 0 Å². The quantitative estimate of drug-likeness (QED) is 0.412. The highest BCUT2D eigenvalue weighted by atomic mass is 14.6. The Morgan fingerprint density at radius 3 is 2.36 bits per heavy atom. The second kappa shape index (κ2) is 8.04. The van der Waals surface area contributed by atoms with Crippen molar-refractivity contribution < 1.29 is 0 Å². The summed E-state index contributed by atoms with van der Waals surface area (Å²) in [4.78, 5) is 0. The van der Waals surface area contributed by atoms with Crippen LogP contribution in [0.5, 0.6) is 0 Å². The summed E-state index contributed by atoms with van der Waals surface area (Å²) in [5.74, 6) is 0. The highest BCUT2D eigenvalue weighted by molar-refractivity contribution is 5.83. The van der Waals surface area contributed by atoms with E-state index in [1.54, 1.807) is 0 Å².